The van der Waals surface area contributed by atoms with Gasteiger partial charge in [-0.05, 0) is 53.6 Å². The molecule has 4 N–H and O–H groups in total. The molecule has 0 fully saturated rings. The third-order valence-corrected chi connectivity index (χ3v) is 6.62. The number of aryl methyl sites for hydroxylation is 2. The van der Waals surface area contributed by atoms with Gasteiger partial charge >= 0.3 is 0 Å². The number of aromatic nitrogens is 2. The van der Waals surface area contributed by atoms with Crippen molar-refractivity contribution in [3.05, 3.63) is 101 Å². The van der Waals surface area contributed by atoms with Crippen LogP contribution in [-0.4, -0.2) is 22.9 Å². The fourth-order valence-electron chi connectivity index (χ4n) is 4.66. The summed E-state index contributed by atoms with van der Waals surface area (Å²) in [7, 11) is 1.55. The van der Waals surface area contributed by atoms with E-state index in [2.05, 4.69) is 82.1 Å². The Morgan fingerprint density at radius 2 is 1.83 bits per heavy atom. The number of carbonyl (C=O) groups excluding carboxylic acids is 1. The van der Waals surface area contributed by atoms with Crippen molar-refractivity contribution < 1.29 is 4.79 Å². The lowest BCUT2D eigenvalue weighted by Crippen LogP contribution is -2.21. The molecule has 176 valence electrons. The predicted octanol–water partition coefficient (Wildman–Crippen LogP) is 4.84. The van der Waals surface area contributed by atoms with Gasteiger partial charge in [-0.2, -0.15) is 0 Å². The summed E-state index contributed by atoms with van der Waals surface area (Å²) in [4.78, 5) is 20.6. The van der Waals surface area contributed by atoms with Crippen molar-refractivity contribution >= 4 is 11.7 Å². The van der Waals surface area contributed by atoms with Gasteiger partial charge in [-0.15, -0.1) is 0 Å². The lowest BCUT2D eigenvalue weighted by molar-refractivity contribution is 0.0959. The van der Waals surface area contributed by atoms with E-state index >= 15 is 0 Å². The Hall–Kier alpha value is -4.03. The Bertz CT molecular complexity index is 1380. The van der Waals surface area contributed by atoms with Crippen molar-refractivity contribution in [1.29, 1.82) is 0 Å². The van der Waals surface area contributed by atoms with Crippen LogP contribution in [0.25, 0.3) is 22.4 Å². The van der Waals surface area contributed by atoms with Gasteiger partial charge in [0.15, 0.2) is 11.5 Å². The first-order valence-corrected chi connectivity index (χ1v) is 11.9. The van der Waals surface area contributed by atoms with Crippen LogP contribution < -0.4 is 16.4 Å². The van der Waals surface area contributed by atoms with Gasteiger partial charge in [0.05, 0.1) is 11.9 Å². The van der Waals surface area contributed by atoms with Crippen LogP contribution in [0, 0.1) is 6.92 Å². The minimum Gasteiger partial charge on any atom is -0.382 e. The maximum atomic E-state index is 12.0. The van der Waals surface area contributed by atoms with Crippen LogP contribution in [-0.2, 0) is 13.0 Å². The highest BCUT2D eigenvalue weighted by atomic mass is 16.1. The van der Waals surface area contributed by atoms with Crippen LogP contribution in [0.1, 0.15) is 45.2 Å². The topological polar surface area (TPSA) is 92.9 Å². The van der Waals surface area contributed by atoms with Gasteiger partial charge in [0.2, 0.25) is 0 Å². The Morgan fingerprint density at radius 3 is 2.63 bits per heavy atom. The molecule has 3 aromatic carbocycles. The molecule has 5 rings (SSSR count). The van der Waals surface area contributed by atoms with Gasteiger partial charge in [0.25, 0.3) is 5.91 Å². The first-order valence-electron chi connectivity index (χ1n) is 11.9. The van der Waals surface area contributed by atoms with Crippen molar-refractivity contribution in [2.75, 3.05) is 12.8 Å². The maximum Gasteiger partial charge on any atom is 0.273 e. The van der Waals surface area contributed by atoms with E-state index in [0.29, 0.717) is 11.7 Å². The van der Waals surface area contributed by atoms with E-state index < -0.39 is 0 Å². The van der Waals surface area contributed by atoms with Crippen LogP contribution in [0.15, 0.2) is 72.9 Å². The largest absolute Gasteiger partial charge is 0.382 e. The summed E-state index contributed by atoms with van der Waals surface area (Å²) in [5.74, 6) is -0.225. The average molecular weight is 464 g/mol. The zero-order valence-electron chi connectivity index (χ0n) is 20.0. The number of hydrogen-bond acceptors (Lipinski definition) is 5. The molecular weight excluding hydrogens is 434 g/mol. The zero-order chi connectivity index (χ0) is 24.4. The van der Waals surface area contributed by atoms with E-state index in [9.17, 15) is 4.79 Å². The van der Waals surface area contributed by atoms with Gasteiger partial charge in [0, 0.05) is 25.2 Å². The van der Waals surface area contributed by atoms with Crippen LogP contribution in [0.2, 0.25) is 0 Å². The number of fused-ring (bicyclic) bond motifs is 1. The maximum absolute atomic E-state index is 12.0. The fraction of sp³-hybridized carbons (Fsp3) is 0.207. The second-order valence-electron chi connectivity index (χ2n) is 9.02. The van der Waals surface area contributed by atoms with Crippen molar-refractivity contribution in [1.82, 2.24) is 20.6 Å². The summed E-state index contributed by atoms with van der Waals surface area (Å²) < 4.78 is 0. The summed E-state index contributed by atoms with van der Waals surface area (Å²) >= 11 is 0. The molecule has 1 aliphatic carbocycles. The Labute approximate surface area is 205 Å². The second-order valence-corrected chi connectivity index (χ2v) is 9.02. The number of nitrogens with two attached hydrogens (primary N) is 1. The molecule has 0 bridgehead atoms. The molecule has 0 saturated carbocycles. The highest BCUT2D eigenvalue weighted by Gasteiger charge is 2.22. The highest BCUT2D eigenvalue weighted by molar-refractivity contribution is 5.96. The summed E-state index contributed by atoms with van der Waals surface area (Å²) in [6.07, 6.45) is 3.77. The molecule has 0 saturated heterocycles. The number of benzene rings is 3. The van der Waals surface area contributed by atoms with E-state index in [4.69, 9.17) is 5.73 Å². The standard InChI is InChI=1S/C29H29N5O/c1-18-6-8-20(9-7-18)21-10-12-24-22(15-21)11-13-25(24)32-16-19-4-3-5-23(14-19)26-17-33-28(30)27(34-26)29(35)31-2/h3-10,12,14-15,17,25,32H,11,13,16H2,1-2H3,(H2,30,33)(H,31,35). The molecule has 1 amide bonds. The smallest absolute Gasteiger partial charge is 0.273 e. The number of rotatable bonds is 6. The molecule has 1 heterocycles. The highest BCUT2D eigenvalue weighted by Crippen LogP contribution is 2.34. The number of amides is 1. The summed E-state index contributed by atoms with van der Waals surface area (Å²) in [6, 6.07) is 24.0. The van der Waals surface area contributed by atoms with E-state index in [-0.39, 0.29) is 17.4 Å². The summed E-state index contributed by atoms with van der Waals surface area (Å²) in [6.45, 7) is 2.85. The number of nitrogens with zero attached hydrogens (tertiary/aromatic N) is 2. The van der Waals surface area contributed by atoms with Gasteiger partial charge in [-0.1, -0.05) is 66.2 Å². The zero-order valence-corrected chi connectivity index (χ0v) is 20.0. The molecule has 6 nitrogen and oxygen atoms in total. The van der Waals surface area contributed by atoms with Crippen molar-refractivity contribution in [3.8, 4) is 22.4 Å². The molecule has 4 aromatic rings. The number of nitrogen functional groups attached to an aromatic ring is 1. The van der Waals surface area contributed by atoms with Gasteiger partial charge < -0.3 is 16.4 Å². The minimum absolute atomic E-state index is 0.122. The fourth-order valence-corrected chi connectivity index (χ4v) is 4.66. The van der Waals surface area contributed by atoms with Crippen molar-refractivity contribution in [2.24, 2.45) is 0 Å². The van der Waals surface area contributed by atoms with Crippen LogP contribution in [0.3, 0.4) is 0 Å². The number of nitrogens with one attached hydrogen (secondary N) is 2. The molecule has 35 heavy (non-hydrogen) atoms. The third kappa shape index (κ3) is 4.79. The lowest BCUT2D eigenvalue weighted by Gasteiger charge is -2.15. The second kappa shape index (κ2) is 9.68. The summed E-state index contributed by atoms with van der Waals surface area (Å²) in [5.41, 5.74) is 15.3. The molecule has 0 aliphatic heterocycles. The number of anilines is 1. The third-order valence-electron chi connectivity index (χ3n) is 6.62. The van der Waals surface area contributed by atoms with Gasteiger partial charge in [0.1, 0.15) is 0 Å². The first kappa shape index (κ1) is 22.7. The SMILES string of the molecule is CNC(=O)c1nc(-c2cccc(CNC3CCc4cc(-c5ccc(C)cc5)ccc43)c2)cnc1N. The molecule has 6 heteroatoms. The molecule has 1 unspecified atom stereocenters. The normalized spacial score (nSPS) is 14.5. The van der Waals surface area contributed by atoms with Crippen LogP contribution >= 0.6 is 0 Å². The Balaban J connectivity index is 1.30. The molecule has 1 aromatic heterocycles. The Morgan fingerprint density at radius 1 is 1.03 bits per heavy atom. The van der Waals surface area contributed by atoms with Crippen LogP contribution in [0.5, 0.6) is 0 Å². The number of carbonyl (C=O) groups is 1. The van der Waals surface area contributed by atoms with Crippen molar-refractivity contribution in [3.63, 3.8) is 0 Å². The Kier molecular flexibility index (Phi) is 6.29. The summed E-state index contributed by atoms with van der Waals surface area (Å²) in [5, 5.41) is 6.28. The van der Waals surface area contributed by atoms with Crippen LogP contribution in [0.4, 0.5) is 5.82 Å². The van der Waals surface area contributed by atoms with E-state index in [1.807, 2.05) is 12.1 Å². The van der Waals surface area contributed by atoms with Gasteiger partial charge in [-0.25, -0.2) is 9.97 Å². The van der Waals surface area contributed by atoms with E-state index in [1.54, 1.807) is 13.2 Å². The predicted molar refractivity (Wildman–Crippen MR) is 140 cm³/mol. The minimum atomic E-state index is -0.347. The average Bonchev–Trinajstić information content (AvgIpc) is 3.30. The molecule has 0 radical (unpaired) electrons. The van der Waals surface area contributed by atoms with E-state index in [0.717, 1.165) is 30.5 Å². The quantitative estimate of drug-likeness (QED) is 0.381. The molecule has 0 spiro atoms. The molecule has 1 atom stereocenters. The van der Waals surface area contributed by atoms with E-state index in [1.165, 1.54) is 27.8 Å². The monoisotopic (exact) mass is 463 g/mol. The lowest BCUT2D eigenvalue weighted by atomic mass is 9.99. The van der Waals surface area contributed by atoms with Gasteiger partial charge in [-0.3, -0.25) is 4.79 Å². The molecule has 1 aliphatic rings. The number of hydrogen-bond donors (Lipinski definition) is 3. The molecular formula is C29H29N5O. The first-order chi connectivity index (χ1) is 17.0. The van der Waals surface area contributed by atoms with Crippen molar-refractivity contribution in [2.45, 2.75) is 32.4 Å².